The number of methoxy groups -OCH3 is 1. The van der Waals surface area contributed by atoms with Crippen LogP contribution in [-0.2, 0) is 11.3 Å². The first kappa shape index (κ1) is 18.1. The van der Waals surface area contributed by atoms with E-state index in [1.54, 1.807) is 7.11 Å². The summed E-state index contributed by atoms with van der Waals surface area (Å²) >= 11 is 0. The van der Waals surface area contributed by atoms with E-state index in [1.165, 1.54) is 5.56 Å². The van der Waals surface area contributed by atoms with Crippen molar-refractivity contribution < 1.29 is 19.0 Å². The molecule has 0 spiro atoms. The highest BCUT2D eigenvalue weighted by Crippen LogP contribution is 2.32. The summed E-state index contributed by atoms with van der Waals surface area (Å²) in [5.41, 5.74) is 2.25. The Balaban J connectivity index is 1.60. The van der Waals surface area contributed by atoms with Gasteiger partial charge in [0.05, 0.1) is 13.2 Å². The first-order chi connectivity index (χ1) is 12.7. The van der Waals surface area contributed by atoms with Crippen LogP contribution in [0.15, 0.2) is 42.5 Å². The molecule has 2 aromatic carbocycles. The van der Waals surface area contributed by atoms with Crippen LogP contribution in [0.5, 0.6) is 17.2 Å². The smallest absolute Gasteiger partial charge is 0.257 e. The molecule has 0 fully saturated rings. The van der Waals surface area contributed by atoms with Crippen molar-refractivity contribution >= 4 is 5.91 Å². The second-order valence-corrected chi connectivity index (χ2v) is 6.01. The monoisotopic (exact) mass is 356 g/mol. The lowest BCUT2D eigenvalue weighted by atomic mass is 10.1. The van der Waals surface area contributed by atoms with Gasteiger partial charge in [-0.25, -0.2) is 0 Å². The van der Waals surface area contributed by atoms with Crippen molar-refractivity contribution in [2.75, 3.05) is 26.9 Å². The molecule has 1 atom stereocenters. The molecule has 26 heavy (non-hydrogen) atoms. The summed E-state index contributed by atoms with van der Waals surface area (Å²) in [5, 5.41) is 6.20. The fourth-order valence-corrected chi connectivity index (χ4v) is 2.91. The number of nitrogens with one attached hydrogen (secondary N) is 2. The van der Waals surface area contributed by atoms with Crippen molar-refractivity contribution in [2.24, 2.45) is 0 Å². The third-order valence-corrected chi connectivity index (χ3v) is 4.21. The van der Waals surface area contributed by atoms with Crippen LogP contribution < -0.4 is 24.8 Å². The van der Waals surface area contributed by atoms with E-state index in [-0.39, 0.29) is 18.6 Å². The molecule has 6 heteroatoms. The molecule has 0 saturated carbocycles. The van der Waals surface area contributed by atoms with Crippen LogP contribution in [0.25, 0.3) is 0 Å². The molecule has 0 aliphatic carbocycles. The maximum atomic E-state index is 11.5. The minimum atomic E-state index is -0.153. The third kappa shape index (κ3) is 4.26. The molecule has 6 nitrogen and oxygen atoms in total. The number of ether oxygens (including phenoxy) is 3. The van der Waals surface area contributed by atoms with Gasteiger partial charge in [0, 0.05) is 18.7 Å². The number of hydrogen-bond donors (Lipinski definition) is 2. The Hall–Kier alpha value is -2.73. The molecule has 0 unspecified atom stereocenters. The molecule has 0 bridgehead atoms. The van der Waals surface area contributed by atoms with Gasteiger partial charge in [0.2, 0.25) is 0 Å². The SMILES string of the molecule is CCNC(=O)COc1ccc(CN[C@H]2COc3ccccc32)cc1OC. The number of likely N-dealkylation sites (N-methyl/N-ethyl adjacent to an activating group) is 1. The summed E-state index contributed by atoms with van der Waals surface area (Å²) in [4.78, 5) is 11.5. The molecule has 3 rings (SSSR count). The largest absolute Gasteiger partial charge is 0.493 e. The molecular weight excluding hydrogens is 332 g/mol. The van der Waals surface area contributed by atoms with E-state index in [0.29, 0.717) is 31.2 Å². The zero-order chi connectivity index (χ0) is 18.4. The lowest BCUT2D eigenvalue weighted by molar-refractivity contribution is -0.123. The van der Waals surface area contributed by atoms with E-state index >= 15 is 0 Å². The Morgan fingerprint density at radius 2 is 2.08 bits per heavy atom. The Morgan fingerprint density at radius 1 is 1.23 bits per heavy atom. The summed E-state index contributed by atoms with van der Waals surface area (Å²) in [7, 11) is 1.59. The fraction of sp³-hybridized carbons (Fsp3) is 0.350. The number of benzene rings is 2. The third-order valence-electron chi connectivity index (χ3n) is 4.21. The van der Waals surface area contributed by atoms with Gasteiger partial charge in [-0.3, -0.25) is 4.79 Å². The molecule has 0 radical (unpaired) electrons. The van der Waals surface area contributed by atoms with Gasteiger partial charge in [-0.15, -0.1) is 0 Å². The quantitative estimate of drug-likeness (QED) is 0.760. The zero-order valence-electron chi connectivity index (χ0n) is 15.1. The van der Waals surface area contributed by atoms with E-state index in [0.717, 1.165) is 11.3 Å². The summed E-state index contributed by atoms with van der Waals surface area (Å²) in [6.45, 7) is 3.73. The number of amides is 1. The van der Waals surface area contributed by atoms with Gasteiger partial charge in [0.15, 0.2) is 18.1 Å². The maximum absolute atomic E-state index is 11.5. The molecule has 138 valence electrons. The van der Waals surface area contributed by atoms with Crippen LogP contribution in [0.3, 0.4) is 0 Å². The molecule has 1 amide bonds. The summed E-state index contributed by atoms with van der Waals surface area (Å²) < 4.78 is 16.6. The first-order valence-electron chi connectivity index (χ1n) is 8.72. The second-order valence-electron chi connectivity index (χ2n) is 6.01. The van der Waals surface area contributed by atoms with E-state index in [9.17, 15) is 4.79 Å². The van der Waals surface area contributed by atoms with Gasteiger partial charge in [0.25, 0.3) is 5.91 Å². The van der Waals surface area contributed by atoms with E-state index < -0.39 is 0 Å². The van der Waals surface area contributed by atoms with Crippen molar-refractivity contribution in [3.8, 4) is 17.2 Å². The highest BCUT2D eigenvalue weighted by molar-refractivity contribution is 5.77. The number of fused-ring (bicyclic) bond motifs is 1. The van der Waals surface area contributed by atoms with Gasteiger partial charge in [-0.05, 0) is 30.7 Å². The minimum absolute atomic E-state index is 0.0298. The summed E-state index contributed by atoms with van der Waals surface area (Å²) in [6.07, 6.45) is 0. The summed E-state index contributed by atoms with van der Waals surface area (Å²) in [6, 6.07) is 13.9. The standard InChI is InChI=1S/C20H24N2O4/c1-3-21-20(23)13-26-18-9-8-14(10-19(18)24-2)11-22-16-12-25-17-7-5-4-6-15(16)17/h4-10,16,22H,3,11-13H2,1-2H3,(H,21,23)/t16-/m0/s1. The molecule has 1 aliphatic rings. The van der Waals surface area contributed by atoms with Gasteiger partial charge in [-0.1, -0.05) is 24.3 Å². The Bertz CT molecular complexity index is 763. The highest BCUT2D eigenvalue weighted by atomic mass is 16.5. The van der Waals surface area contributed by atoms with Gasteiger partial charge >= 0.3 is 0 Å². The highest BCUT2D eigenvalue weighted by Gasteiger charge is 2.22. The Morgan fingerprint density at radius 3 is 2.88 bits per heavy atom. The van der Waals surface area contributed by atoms with E-state index in [1.807, 2.05) is 43.3 Å². The number of carbonyl (C=O) groups is 1. The predicted molar refractivity (Wildman–Crippen MR) is 98.7 cm³/mol. The number of carbonyl (C=O) groups excluding carboxylic acids is 1. The van der Waals surface area contributed by atoms with Crippen molar-refractivity contribution in [3.63, 3.8) is 0 Å². The van der Waals surface area contributed by atoms with Crippen LogP contribution in [0.2, 0.25) is 0 Å². The van der Waals surface area contributed by atoms with Crippen molar-refractivity contribution in [3.05, 3.63) is 53.6 Å². The van der Waals surface area contributed by atoms with Crippen LogP contribution in [0.4, 0.5) is 0 Å². The second kappa shape index (κ2) is 8.58. The maximum Gasteiger partial charge on any atom is 0.257 e. The molecular formula is C20H24N2O4. The molecule has 2 aromatic rings. The molecule has 1 aliphatic heterocycles. The zero-order valence-corrected chi connectivity index (χ0v) is 15.1. The number of para-hydroxylation sites is 1. The van der Waals surface area contributed by atoms with Gasteiger partial charge < -0.3 is 24.8 Å². The minimum Gasteiger partial charge on any atom is -0.493 e. The molecule has 0 aromatic heterocycles. The summed E-state index contributed by atoms with van der Waals surface area (Å²) in [5.74, 6) is 1.95. The predicted octanol–water partition coefficient (Wildman–Crippen LogP) is 2.43. The lowest BCUT2D eigenvalue weighted by Crippen LogP contribution is -2.28. The van der Waals surface area contributed by atoms with Gasteiger partial charge in [0.1, 0.15) is 12.4 Å². The molecule has 1 heterocycles. The van der Waals surface area contributed by atoms with Crippen molar-refractivity contribution in [1.82, 2.24) is 10.6 Å². The van der Waals surface area contributed by atoms with E-state index in [2.05, 4.69) is 16.7 Å². The van der Waals surface area contributed by atoms with Crippen LogP contribution in [-0.4, -0.2) is 32.8 Å². The van der Waals surface area contributed by atoms with Crippen LogP contribution in [0.1, 0.15) is 24.1 Å². The lowest BCUT2D eigenvalue weighted by Gasteiger charge is -2.14. The average Bonchev–Trinajstić information content (AvgIpc) is 3.08. The van der Waals surface area contributed by atoms with Crippen LogP contribution >= 0.6 is 0 Å². The van der Waals surface area contributed by atoms with Crippen LogP contribution in [0, 0.1) is 0 Å². The normalized spacial score (nSPS) is 15.1. The average molecular weight is 356 g/mol. The fourth-order valence-electron chi connectivity index (χ4n) is 2.91. The molecule has 2 N–H and O–H groups in total. The number of rotatable bonds is 8. The Kier molecular flexibility index (Phi) is 5.96. The van der Waals surface area contributed by atoms with Crippen molar-refractivity contribution in [1.29, 1.82) is 0 Å². The van der Waals surface area contributed by atoms with E-state index in [4.69, 9.17) is 14.2 Å². The number of hydrogen-bond acceptors (Lipinski definition) is 5. The topological polar surface area (TPSA) is 68.8 Å². The molecule has 0 saturated heterocycles. The van der Waals surface area contributed by atoms with Crippen molar-refractivity contribution in [2.45, 2.75) is 19.5 Å². The first-order valence-corrected chi connectivity index (χ1v) is 8.72. The van der Waals surface area contributed by atoms with Gasteiger partial charge in [-0.2, -0.15) is 0 Å². The Labute approximate surface area is 153 Å².